The van der Waals surface area contributed by atoms with Crippen LogP contribution in [-0.4, -0.2) is 179 Å². The van der Waals surface area contributed by atoms with Crippen LogP contribution in [0.15, 0.2) is 0 Å². The van der Waals surface area contributed by atoms with Crippen LogP contribution in [0, 0.1) is 29.6 Å². The number of carbonyl (C=O) groups excluding carboxylic acids is 1. The second-order valence-corrected chi connectivity index (χ2v) is 18.4. The Hall–Kier alpha value is -1.49. The highest BCUT2D eigenvalue weighted by molar-refractivity contribution is 5.73. The van der Waals surface area contributed by atoms with Crippen LogP contribution < -0.4 is 5.32 Å². The van der Waals surface area contributed by atoms with E-state index in [1.807, 2.05) is 51.8 Å². The number of rotatable bonds is 8. The van der Waals surface area contributed by atoms with Crippen molar-refractivity contribution in [1.29, 1.82) is 0 Å². The van der Waals surface area contributed by atoms with Crippen LogP contribution in [0.5, 0.6) is 0 Å². The summed E-state index contributed by atoms with van der Waals surface area (Å²) in [7, 11) is 9.00. The average Bonchev–Trinajstić information content (AvgIpc) is 3.12. The third-order valence-electron chi connectivity index (χ3n) is 12.7. The van der Waals surface area contributed by atoms with E-state index in [4.69, 9.17) is 28.4 Å². The molecule has 15 heteroatoms. The summed E-state index contributed by atoms with van der Waals surface area (Å²) in [6.45, 7) is 18.1. The lowest BCUT2D eigenvalue weighted by Gasteiger charge is -2.51. The van der Waals surface area contributed by atoms with Crippen molar-refractivity contribution in [3.63, 3.8) is 0 Å². The largest absolute Gasteiger partial charge is 0.459 e. The van der Waals surface area contributed by atoms with E-state index in [1.54, 1.807) is 48.5 Å². The molecule has 332 valence electrons. The van der Waals surface area contributed by atoms with Crippen molar-refractivity contribution >= 4 is 5.97 Å². The molecule has 0 amide bonds. The van der Waals surface area contributed by atoms with Crippen LogP contribution in [0.3, 0.4) is 0 Å². The van der Waals surface area contributed by atoms with Crippen molar-refractivity contribution in [2.75, 3.05) is 48.4 Å². The van der Waals surface area contributed by atoms with Crippen LogP contribution in [0.25, 0.3) is 0 Å². The number of likely N-dealkylation sites (N-methyl/N-ethyl adjacent to an activating group) is 1. The van der Waals surface area contributed by atoms with E-state index in [-0.39, 0.29) is 37.3 Å². The van der Waals surface area contributed by atoms with Crippen molar-refractivity contribution < 1.29 is 58.7 Å². The van der Waals surface area contributed by atoms with Gasteiger partial charge in [-0.15, -0.1) is 0 Å². The summed E-state index contributed by atoms with van der Waals surface area (Å²) in [5, 5.41) is 62.5. The van der Waals surface area contributed by atoms with E-state index >= 15 is 0 Å². The Bertz CT molecular complexity index is 1360. The second-order valence-electron chi connectivity index (χ2n) is 18.4. The van der Waals surface area contributed by atoms with Crippen molar-refractivity contribution in [2.45, 2.75) is 185 Å². The van der Waals surface area contributed by atoms with Gasteiger partial charge in [0.2, 0.25) is 0 Å². The van der Waals surface area contributed by atoms with E-state index in [1.165, 1.54) is 14.0 Å². The molecule has 0 aromatic carbocycles. The highest BCUT2D eigenvalue weighted by Crippen LogP contribution is 2.43. The van der Waals surface area contributed by atoms with E-state index in [9.17, 15) is 30.3 Å². The fraction of sp³-hybridized carbons (Fsp3) is 0.929. The summed E-state index contributed by atoms with van der Waals surface area (Å²) in [5.74, 6) is 3.26. The number of ether oxygens (including phenoxy) is 6. The third kappa shape index (κ3) is 11.5. The molecule has 1 unspecified atom stereocenters. The first kappa shape index (κ1) is 49.9. The molecule has 0 aliphatic carbocycles. The number of aliphatic hydroxyl groups is 5. The summed E-state index contributed by atoms with van der Waals surface area (Å²) < 4.78 is 38.2. The fourth-order valence-corrected chi connectivity index (χ4v) is 8.93. The Balaban J connectivity index is 2.18. The van der Waals surface area contributed by atoms with Gasteiger partial charge in [-0.25, -0.2) is 0 Å². The zero-order chi connectivity index (χ0) is 43.4. The van der Waals surface area contributed by atoms with Gasteiger partial charge in [0, 0.05) is 31.5 Å². The number of aliphatic hydroxyl groups excluding tert-OH is 2. The molecule has 0 bridgehead atoms. The topological polar surface area (TPSA) is 192 Å². The summed E-state index contributed by atoms with van der Waals surface area (Å²) in [4.78, 5) is 18.1. The molecule has 15 nitrogen and oxygen atoms in total. The molecule has 0 aromatic heterocycles. The van der Waals surface area contributed by atoms with Gasteiger partial charge in [-0.3, -0.25) is 9.69 Å². The minimum Gasteiger partial charge on any atom is -0.459 e. The Morgan fingerprint density at radius 2 is 1.58 bits per heavy atom. The molecule has 3 aliphatic rings. The molecule has 0 aromatic rings. The summed E-state index contributed by atoms with van der Waals surface area (Å²) >= 11 is 0. The maximum absolute atomic E-state index is 14.3. The molecule has 3 aliphatic heterocycles. The predicted molar refractivity (Wildman–Crippen MR) is 215 cm³/mol. The van der Waals surface area contributed by atoms with Gasteiger partial charge >= 0.3 is 5.97 Å². The molecule has 6 N–H and O–H groups in total. The van der Waals surface area contributed by atoms with Crippen molar-refractivity contribution in [2.24, 2.45) is 17.8 Å². The van der Waals surface area contributed by atoms with Crippen molar-refractivity contribution in [3.05, 3.63) is 0 Å². The number of methoxy groups -OCH3 is 1. The standard InChI is InChI=1S/C42H77N3O12/c1-16-31-41(10,50)35(47)28(6)43-23-24(2)21-39(8,49)36(57-38-33(46)30(45(13)14)20-25(3)53-38)26(4)34(27(5)37(48)55-31)56-32-22-40(9,52-15)42(51,29(7)54-32)18-17-19-44(11)12/h24-36,38,43,46-47,49-51H,16,19-23H2,1-15H3/t24-,25-,26+,27-,28-,29+,30+,31?,32+,33-,34+,35-,36-,38+,39-,40-,41-,42-/m1/s1. The van der Waals surface area contributed by atoms with E-state index < -0.39 is 95.5 Å². The first-order valence-electron chi connectivity index (χ1n) is 20.7. The molecular weight excluding hydrogens is 738 g/mol. The molecule has 18 atom stereocenters. The minimum atomic E-state index is -1.83. The van der Waals surface area contributed by atoms with E-state index in [0.29, 0.717) is 19.5 Å². The highest BCUT2D eigenvalue weighted by atomic mass is 16.7. The Labute approximate surface area is 342 Å². The molecule has 0 saturated carbocycles. The normalized spacial score (nSPS) is 47.1. The smallest absolute Gasteiger partial charge is 0.311 e. The summed E-state index contributed by atoms with van der Waals surface area (Å²) in [6.07, 6.45) is -8.00. The number of hydrogen-bond acceptors (Lipinski definition) is 15. The zero-order valence-corrected chi connectivity index (χ0v) is 37.3. The molecule has 3 rings (SSSR count). The number of hydrogen-bond donors (Lipinski definition) is 6. The van der Waals surface area contributed by atoms with Gasteiger partial charge < -0.3 is 64.2 Å². The molecule has 0 spiro atoms. The number of esters is 1. The van der Waals surface area contributed by atoms with Crippen LogP contribution in [0.1, 0.15) is 94.9 Å². The Morgan fingerprint density at radius 1 is 0.947 bits per heavy atom. The maximum atomic E-state index is 14.3. The molecule has 57 heavy (non-hydrogen) atoms. The highest BCUT2D eigenvalue weighted by Gasteiger charge is 2.58. The lowest BCUT2D eigenvalue weighted by molar-refractivity contribution is -0.327. The molecule has 3 fully saturated rings. The number of carbonyl (C=O) groups is 1. The van der Waals surface area contributed by atoms with Gasteiger partial charge in [0.05, 0.1) is 36.4 Å². The first-order chi connectivity index (χ1) is 26.3. The monoisotopic (exact) mass is 816 g/mol. The van der Waals surface area contributed by atoms with Crippen LogP contribution >= 0.6 is 0 Å². The van der Waals surface area contributed by atoms with Gasteiger partial charge in [-0.2, -0.15) is 0 Å². The number of nitrogens with zero attached hydrogens (tertiary/aromatic N) is 2. The minimum absolute atomic E-state index is 0.0133. The predicted octanol–water partition coefficient (Wildman–Crippen LogP) is 1.49. The number of cyclic esters (lactones) is 1. The number of nitrogens with one attached hydrogen (secondary N) is 1. The van der Waals surface area contributed by atoms with Gasteiger partial charge in [0.1, 0.15) is 35.6 Å². The lowest BCUT2D eigenvalue weighted by atomic mass is 9.75. The van der Waals surface area contributed by atoms with Crippen LogP contribution in [0.4, 0.5) is 0 Å². The molecule has 3 saturated heterocycles. The Kier molecular flexibility index (Phi) is 17.4. The average molecular weight is 816 g/mol. The van der Waals surface area contributed by atoms with E-state index in [0.717, 1.165) is 0 Å². The molecule has 3 heterocycles. The van der Waals surface area contributed by atoms with Crippen LogP contribution in [-0.2, 0) is 33.2 Å². The first-order valence-corrected chi connectivity index (χ1v) is 20.7. The summed E-state index contributed by atoms with van der Waals surface area (Å²) in [6, 6.07) is -0.896. The van der Waals surface area contributed by atoms with Gasteiger partial charge in [-0.1, -0.05) is 32.6 Å². The molecular formula is C42H77N3O12. The Morgan fingerprint density at radius 3 is 2.14 bits per heavy atom. The lowest BCUT2D eigenvalue weighted by Crippen LogP contribution is -2.66. The maximum Gasteiger partial charge on any atom is 0.311 e. The third-order valence-corrected chi connectivity index (χ3v) is 12.7. The summed E-state index contributed by atoms with van der Waals surface area (Å²) in [5.41, 5.74) is -6.41. The fourth-order valence-electron chi connectivity index (χ4n) is 8.93. The van der Waals surface area contributed by atoms with E-state index in [2.05, 4.69) is 17.2 Å². The molecule has 0 radical (unpaired) electrons. The van der Waals surface area contributed by atoms with Crippen LogP contribution in [0.2, 0.25) is 0 Å². The quantitative estimate of drug-likeness (QED) is 0.153. The van der Waals surface area contributed by atoms with Gasteiger partial charge in [0.15, 0.2) is 18.2 Å². The van der Waals surface area contributed by atoms with Gasteiger partial charge in [-0.05, 0) is 108 Å². The second kappa shape index (κ2) is 19.9. The van der Waals surface area contributed by atoms with Gasteiger partial charge in [0.25, 0.3) is 0 Å². The van der Waals surface area contributed by atoms with Crippen molar-refractivity contribution in [1.82, 2.24) is 15.1 Å². The van der Waals surface area contributed by atoms with Crippen molar-refractivity contribution in [3.8, 4) is 11.8 Å². The zero-order valence-electron chi connectivity index (χ0n) is 37.3. The SMILES string of the molecule is CCC1OC(=O)[C@H](C)[C@@H](O[C@H]2C[C@@](C)(OC)[C@@](O)(C#CCN(C)C)[C@H](C)O2)[C@H](C)[C@@H](O[C@@H]2O[C@H](C)C[C@H](N(C)C)[C@H]2O)[C@](C)(O)C[C@@H](C)CN[C@H](C)[C@@H](O)[C@]1(C)O.